The highest BCUT2D eigenvalue weighted by atomic mass is 16.5. The number of piperazine rings is 1. The second kappa shape index (κ2) is 5.33. The number of esters is 1. The first-order valence-electron chi connectivity index (χ1n) is 5.81. The molecule has 0 amide bonds. The highest BCUT2D eigenvalue weighted by Crippen LogP contribution is 2.15. The number of hydrogen-bond donors (Lipinski definition) is 1. The number of carbonyl (C=O) groups excluding carboxylic acids is 1. The van der Waals surface area contributed by atoms with E-state index in [1.807, 2.05) is 6.07 Å². The summed E-state index contributed by atoms with van der Waals surface area (Å²) >= 11 is 0. The summed E-state index contributed by atoms with van der Waals surface area (Å²) in [6.07, 6.45) is 1.53. The number of rotatable bonds is 3. The van der Waals surface area contributed by atoms with Crippen LogP contribution >= 0.6 is 0 Å². The van der Waals surface area contributed by atoms with E-state index in [1.54, 1.807) is 0 Å². The van der Waals surface area contributed by atoms with E-state index in [2.05, 4.69) is 21.9 Å². The maximum atomic E-state index is 11.5. The summed E-state index contributed by atoms with van der Waals surface area (Å²) in [7, 11) is 1.36. The molecule has 2 rings (SSSR count). The summed E-state index contributed by atoms with van der Waals surface area (Å²) in [6, 6.07) is 2.32. The minimum Gasteiger partial charge on any atom is -0.463 e. The quantitative estimate of drug-likeness (QED) is 0.791. The maximum Gasteiger partial charge on any atom is 0.374 e. The minimum atomic E-state index is -0.409. The van der Waals surface area contributed by atoms with Crippen LogP contribution in [0.4, 0.5) is 0 Å². The summed E-state index contributed by atoms with van der Waals surface area (Å²) in [5, 5.41) is 3.38. The zero-order chi connectivity index (χ0) is 12.3. The van der Waals surface area contributed by atoms with E-state index in [0.717, 1.165) is 31.7 Å². The van der Waals surface area contributed by atoms with Crippen LogP contribution in [0.3, 0.4) is 0 Å². The van der Waals surface area contributed by atoms with Gasteiger partial charge in [0, 0.05) is 37.8 Å². The molecule has 94 valence electrons. The molecule has 1 aliphatic heterocycles. The van der Waals surface area contributed by atoms with Crippen molar-refractivity contribution in [3.8, 4) is 0 Å². The normalized spacial score (nSPS) is 21.4. The molecule has 0 spiro atoms. The number of nitrogens with one attached hydrogen (secondary N) is 1. The van der Waals surface area contributed by atoms with E-state index >= 15 is 0 Å². The lowest BCUT2D eigenvalue weighted by molar-refractivity contribution is 0.0561. The van der Waals surface area contributed by atoms with Crippen LogP contribution in [0.1, 0.15) is 23.0 Å². The number of hydrogen-bond acceptors (Lipinski definition) is 5. The molecular formula is C12H18N2O3. The standard InChI is InChI=1S/C12H18N2O3/c1-9-7-14(5-4-13-9)8-10-3-6-17-11(10)12(15)16-2/h3,6,9,13H,4-5,7-8H2,1-2H3. The van der Waals surface area contributed by atoms with Gasteiger partial charge in [0.1, 0.15) is 0 Å². The molecule has 1 aromatic heterocycles. The molecule has 0 aromatic carbocycles. The van der Waals surface area contributed by atoms with Gasteiger partial charge in [0.05, 0.1) is 13.4 Å². The second-order valence-corrected chi connectivity index (χ2v) is 4.36. The van der Waals surface area contributed by atoms with Crippen LogP contribution in [-0.2, 0) is 11.3 Å². The monoisotopic (exact) mass is 238 g/mol. The third kappa shape index (κ3) is 2.87. The fraction of sp³-hybridized carbons (Fsp3) is 0.583. The van der Waals surface area contributed by atoms with Gasteiger partial charge in [-0.3, -0.25) is 4.90 Å². The smallest absolute Gasteiger partial charge is 0.374 e. The van der Waals surface area contributed by atoms with E-state index in [9.17, 15) is 4.79 Å². The summed E-state index contributed by atoms with van der Waals surface area (Å²) in [4.78, 5) is 13.8. The predicted molar refractivity (Wildman–Crippen MR) is 62.8 cm³/mol. The lowest BCUT2D eigenvalue weighted by Gasteiger charge is -2.31. The third-order valence-electron chi connectivity index (χ3n) is 2.96. The molecule has 1 N–H and O–H groups in total. The fourth-order valence-electron chi connectivity index (χ4n) is 2.13. The lowest BCUT2D eigenvalue weighted by atomic mass is 10.2. The molecule has 1 fully saturated rings. The molecule has 1 atom stereocenters. The van der Waals surface area contributed by atoms with E-state index < -0.39 is 5.97 Å². The third-order valence-corrected chi connectivity index (χ3v) is 2.96. The zero-order valence-electron chi connectivity index (χ0n) is 10.2. The van der Waals surface area contributed by atoms with Gasteiger partial charge in [-0.25, -0.2) is 4.79 Å². The van der Waals surface area contributed by atoms with Gasteiger partial charge in [-0.05, 0) is 13.0 Å². The van der Waals surface area contributed by atoms with Crippen LogP contribution in [0.2, 0.25) is 0 Å². The van der Waals surface area contributed by atoms with Crippen LogP contribution < -0.4 is 5.32 Å². The maximum absolute atomic E-state index is 11.5. The average molecular weight is 238 g/mol. The van der Waals surface area contributed by atoms with Crippen molar-refractivity contribution >= 4 is 5.97 Å². The van der Waals surface area contributed by atoms with Crippen molar-refractivity contribution in [2.45, 2.75) is 19.5 Å². The Morgan fingerprint density at radius 2 is 2.53 bits per heavy atom. The first-order chi connectivity index (χ1) is 8.20. The molecule has 2 heterocycles. The van der Waals surface area contributed by atoms with Gasteiger partial charge >= 0.3 is 5.97 Å². The van der Waals surface area contributed by atoms with Crippen LogP contribution in [0.25, 0.3) is 0 Å². The Morgan fingerprint density at radius 3 is 3.24 bits per heavy atom. The van der Waals surface area contributed by atoms with Gasteiger partial charge in [0.15, 0.2) is 0 Å². The van der Waals surface area contributed by atoms with E-state index in [-0.39, 0.29) is 0 Å². The SMILES string of the molecule is COC(=O)c1occc1CN1CCNC(C)C1. The Morgan fingerprint density at radius 1 is 1.71 bits per heavy atom. The summed E-state index contributed by atoms with van der Waals surface area (Å²) in [6.45, 7) is 5.82. The van der Waals surface area contributed by atoms with Gasteiger partial charge in [0.25, 0.3) is 0 Å². The van der Waals surface area contributed by atoms with Crippen molar-refractivity contribution in [3.05, 3.63) is 23.7 Å². The number of nitrogens with zero attached hydrogens (tertiary/aromatic N) is 1. The number of carbonyl (C=O) groups is 1. The van der Waals surface area contributed by atoms with Crippen molar-refractivity contribution in [2.75, 3.05) is 26.7 Å². The minimum absolute atomic E-state index is 0.318. The van der Waals surface area contributed by atoms with Crippen LogP contribution in [0, 0.1) is 0 Å². The van der Waals surface area contributed by atoms with E-state index in [0.29, 0.717) is 11.8 Å². The lowest BCUT2D eigenvalue weighted by Crippen LogP contribution is -2.48. The fourth-order valence-corrected chi connectivity index (χ4v) is 2.13. The Balaban J connectivity index is 2.03. The van der Waals surface area contributed by atoms with Crippen molar-refractivity contribution < 1.29 is 13.9 Å². The first-order valence-corrected chi connectivity index (χ1v) is 5.81. The predicted octanol–water partition coefficient (Wildman–Crippen LogP) is 0.860. The van der Waals surface area contributed by atoms with Crippen molar-refractivity contribution in [2.24, 2.45) is 0 Å². The summed E-state index contributed by atoms with van der Waals surface area (Å²) in [5.74, 6) is -0.0909. The molecule has 17 heavy (non-hydrogen) atoms. The second-order valence-electron chi connectivity index (χ2n) is 4.36. The van der Waals surface area contributed by atoms with E-state index in [4.69, 9.17) is 4.42 Å². The Labute approximate surface area is 101 Å². The molecule has 0 bridgehead atoms. The van der Waals surface area contributed by atoms with Crippen molar-refractivity contribution in [1.29, 1.82) is 0 Å². The zero-order valence-corrected chi connectivity index (χ0v) is 10.2. The Hall–Kier alpha value is -1.33. The Bertz CT molecular complexity index is 389. The molecule has 1 saturated heterocycles. The van der Waals surface area contributed by atoms with Gasteiger partial charge in [-0.15, -0.1) is 0 Å². The van der Waals surface area contributed by atoms with Gasteiger partial charge < -0.3 is 14.5 Å². The number of methoxy groups -OCH3 is 1. The first kappa shape index (κ1) is 12.1. The molecule has 0 aliphatic carbocycles. The summed E-state index contributed by atoms with van der Waals surface area (Å²) in [5.41, 5.74) is 0.894. The number of ether oxygens (including phenoxy) is 1. The van der Waals surface area contributed by atoms with Crippen molar-refractivity contribution in [1.82, 2.24) is 10.2 Å². The topological polar surface area (TPSA) is 54.7 Å². The van der Waals surface area contributed by atoms with Gasteiger partial charge in [-0.2, -0.15) is 0 Å². The average Bonchev–Trinajstić information content (AvgIpc) is 2.76. The van der Waals surface area contributed by atoms with Crippen LogP contribution in [0.5, 0.6) is 0 Å². The van der Waals surface area contributed by atoms with E-state index in [1.165, 1.54) is 13.4 Å². The summed E-state index contributed by atoms with van der Waals surface area (Å²) < 4.78 is 9.85. The molecule has 1 aliphatic rings. The molecule has 5 heteroatoms. The highest BCUT2D eigenvalue weighted by Gasteiger charge is 2.21. The van der Waals surface area contributed by atoms with Crippen LogP contribution in [0.15, 0.2) is 16.7 Å². The van der Waals surface area contributed by atoms with Crippen LogP contribution in [-0.4, -0.2) is 43.7 Å². The molecule has 5 nitrogen and oxygen atoms in total. The van der Waals surface area contributed by atoms with Gasteiger partial charge in [-0.1, -0.05) is 0 Å². The molecule has 1 unspecified atom stereocenters. The number of furan rings is 1. The highest BCUT2D eigenvalue weighted by molar-refractivity contribution is 5.87. The molecule has 1 aromatic rings. The molecule has 0 radical (unpaired) electrons. The molecular weight excluding hydrogens is 220 g/mol. The largest absolute Gasteiger partial charge is 0.463 e. The Kier molecular flexibility index (Phi) is 3.81. The molecule has 0 saturated carbocycles. The van der Waals surface area contributed by atoms with Crippen molar-refractivity contribution in [3.63, 3.8) is 0 Å². The van der Waals surface area contributed by atoms with Gasteiger partial charge in [0.2, 0.25) is 5.76 Å².